The van der Waals surface area contributed by atoms with Crippen molar-refractivity contribution in [1.29, 1.82) is 0 Å². The monoisotopic (exact) mass is 483 g/mol. The van der Waals surface area contributed by atoms with Crippen LogP contribution in [0.25, 0.3) is 11.3 Å². The highest BCUT2D eigenvalue weighted by molar-refractivity contribution is 14.1. The van der Waals surface area contributed by atoms with Crippen LogP contribution < -0.4 is 15.0 Å². The highest BCUT2D eigenvalue weighted by Gasteiger charge is 2.21. The number of aromatic nitrogens is 2. The fourth-order valence-corrected chi connectivity index (χ4v) is 3.89. The zero-order valence-electron chi connectivity index (χ0n) is 13.6. The third-order valence-corrected chi connectivity index (χ3v) is 5.65. The summed E-state index contributed by atoms with van der Waals surface area (Å²) in [5.41, 5.74) is 1.08. The van der Waals surface area contributed by atoms with Gasteiger partial charge in [0.05, 0.1) is 12.8 Å². The second-order valence-corrected chi connectivity index (χ2v) is 8.18. The van der Waals surface area contributed by atoms with Gasteiger partial charge in [-0.2, -0.15) is 5.10 Å². The quantitative estimate of drug-likeness (QED) is 0.544. The molecule has 0 bridgehead atoms. The number of hydrogen-bond donors (Lipinski definition) is 2. The standard InChI is InChI=1S/C17H14IN3O4S/c1-25-15-8-2-11(14-7-9-17(22)20-19-14)10-16(15)26(23,24)21-13-5-3-12(18)4-6-13/h2-10,21H,1H3,(H,20,22). The smallest absolute Gasteiger partial charge is 0.265 e. The van der Waals surface area contributed by atoms with Gasteiger partial charge in [0.1, 0.15) is 10.6 Å². The van der Waals surface area contributed by atoms with E-state index in [0.29, 0.717) is 16.9 Å². The van der Waals surface area contributed by atoms with E-state index in [4.69, 9.17) is 4.74 Å². The summed E-state index contributed by atoms with van der Waals surface area (Å²) in [6, 6.07) is 14.5. The molecule has 0 saturated carbocycles. The van der Waals surface area contributed by atoms with E-state index in [-0.39, 0.29) is 16.2 Å². The molecular formula is C17H14IN3O4S. The molecular weight excluding hydrogens is 469 g/mol. The summed E-state index contributed by atoms with van der Waals surface area (Å²) in [5.74, 6) is 0.205. The van der Waals surface area contributed by atoms with E-state index in [1.165, 1.54) is 25.3 Å². The first-order valence-electron chi connectivity index (χ1n) is 7.41. The van der Waals surface area contributed by atoms with Crippen LogP contribution in [0.5, 0.6) is 5.75 Å². The van der Waals surface area contributed by atoms with E-state index in [1.54, 1.807) is 36.4 Å². The van der Waals surface area contributed by atoms with Crippen molar-refractivity contribution in [3.8, 4) is 17.0 Å². The van der Waals surface area contributed by atoms with Gasteiger partial charge in [-0.25, -0.2) is 13.5 Å². The van der Waals surface area contributed by atoms with Crippen molar-refractivity contribution < 1.29 is 13.2 Å². The molecule has 0 unspecified atom stereocenters. The van der Waals surface area contributed by atoms with Gasteiger partial charge in [0.2, 0.25) is 0 Å². The van der Waals surface area contributed by atoms with Gasteiger partial charge in [-0.05, 0) is 71.1 Å². The summed E-state index contributed by atoms with van der Waals surface area (Å²) in [4.78, 5) is 11.1. The number of nitrogens with zero attached hydrogens (tertiary/aromatic N) is 1. The Bertz CT molecular complexity index is 1080. The molecule has 1 heterocycles. The van der Waals surface area contributed by atoms with Crippen molar-refractivity contribution in [2.24, 2.45) is 0 Å². The van der Waals surface area contributed by atoms with E-state index in [1.807, 2.05) is 0 Å². The van der Waals surface area contributed by atoms with Crippen molar-refractivity contribution in [3.05, 3.63) is 68.5 Å². The molecule has 0 fully saturated rings. The highest BCUT2D eigenvalue weighted by atomic mass is 127. The molecule has 3 rings (SSSR count). The highest BCUT2D eigenvalue weighted by Crippen LogP contribution is 2.30. The maximum atomic E-state index is 12.8. The molecule has 1 aromatic heterocycles. The Morgan fingerprint density at radius 2 is 1.81 bits per heavy atom. The van der Waals surface area contributed by atoms with Gasteiger partial charge in [0.25, 0.3) is 15.6 Å². The predicted octanol–water partition coefficient (Wildman–Crippen LogP) is 2.85. The van der Waals surface area contributed by atoms with E-state index in [0.717, 1.165) is 3.57 Å². The molecule has 0 aliphatic carbocycles. The van der Waals surface area contributed by atoms with Gasteiger partial charge >= 0.3 is 0 Å². The number of H-pyrrole nitrogens is 1. The van der Waals surface area contributed by atoms with Crippen LogP contribution in [0.15, 0.2) is 64.3 Å². The lowest BCUT2D eigenvalue weighted by Gasteiger charge is -2.13. The Labute approximate surface area is 163 Å². The minimum atomic E-state index is -3.88. The molecule has 7 nitrogen and oxygen atoms in total. The SMILES string of the molecule is COc1ccc(-c2ccc(=O)[nH]n2)cc1S(=O)(=O)Nc1ccc(I)cc1. The van der Waals surface area contributed by atoms with Crippen LogP contribution in [0.3, 0.4) is 0 Å². The zero-order chi connectivity index (χ0) is 18.7. The third-order valence-electron chi connectivity index (χ3n) is 3.52. The normalized spacial score (nSPS) is 11.2. The number of sulfonamides is 1. The van der Waals surface area contributed by atoms with Crippen LogP contribution in [-0.2, 0) is 10.0 Å². The number of aromatic amines is 1. The first-order chi connectivity index (χ1) is 12.4. The van der Waals surface area contributed by atoms with Crippen LogP contribution in [0.1, 0.15) is 0 Å². The van der Waals surface area contributed by atoms with E-state index >= 15 is 0 Å². The Hall–Kier alpha value is -2.40. The number of nitrogens with one attached hydrogen (secondary N) is 2. The summed E-state index contributed by atoms with van der Waals surface area (Å²) in [7, 11) is -2.48. The van der Waals surface area contributed by atoms with Crippen molar-refractivity contribution in [2.75, 3.05) is 11.8 Å². The molecule has 3 aromatic rings. The van der Waals surface area contributed by atoms with Crippen molar-refractivity contribution in [1.82, 2.24) is 10.2 Å². The first kappa shape index (κ1) is 18.4. The molecule has 0 spiro atoms. The van der Waals surface area contributed by atoms with E-state index in [9.17, 15) is 13.2 Å². The van der Waals surface area contributed by atoms with E-state index in [2.05, 4.69) is 37.5 Å². The number of hydrogen-bond acceptors (Lipinski definition) is 5. The Morgan fingerprint density at radius 1 is 1.08 bits per heavy atom. The Balaban J connectivity index is 2.03. The maximum Gasteiger partial charge on any atom is 0.265 e. The molecule has 134 valence electrons. The number of anilines is 1. The average Bonchev–Trinajstić information content (AvgIpc) is 2.63. The van der Waals surface area contributed by atoms with Gasteiger partial charge < -0.3 is 4.74 Å². The first-order valence-corrected chi connectivity index (χ1v) is 9.98. The number of ether oxygens (including phenoxy) is 1. The topological polar surface area (TPSA) is 101 Å². The largest absolute Gasteiger partial charge is 0.495 e. The zero-order valence-corrected chi connectivity index (χ0v) is 16.5. The van der Waals surface area contributed by atoms with Gasteiger partial charge in [0.15, 0.2) is 0 Å². The fraction of sp³-hybridized carbons (Fsp3) is 0.0588. The summed E-state index contributed by atoms with van der Waals surface area (Å²) in [5, 5.41) is 6.25. The molecule has 0 atom stereocenters. The third kappa shape index (κ3) is 4.05. The van der Waals surface area contributed by atoms with Gasteiger partial charge in [-0.1, -0.05) is 0 Å². The maximum absolute atomic E-state index is 12.8. The number of methoxy groups -OCH3 is 1. The minimum Gasteiger partial charge on any atom is -0.495 e. The van der Waals surface area contributed by atoms with Crippen molar-refractivity contribution in [2.45, 2.75) is 4.90 Å². The fourth-order valence-electron chi connectivity index (χ4n) is 2.28. The molecule has 0 aliphatic rings. The van der Waals surface area contributed by atoms with Crippen LogP contribution in [0, 0.1) is 3.57 Å². The second-order valence-electron chi connectivity index (χ2n) is 5.28. The molecule has 0 radical (unpaired) electrons. The van der Waals surface area contributed by atoms with Gasteiger partial charge in [-0.3, -0.25) is 9.52 Å². The Morgan fingerprint density at radius 3 is 2.42 bits per heavy atom. The van der Waals surface area contributed by atoms with Crippen LogP contribution in [0.4, 0.5) is 5.69 Å². The lowest BCUT2D eigenvalue weighted by Crippen LogP contribution is -2.14. The molecule has 9 heteroatoms. The number of halogens is 1. The summed E-state index contributed by atoms with van der Waals surface area (Å²) in [6.07, 6.45) is 0. The Kier molecular flexibility index (Phi) is 5.28. The van der Waals surface area contributed by atoms with Crippen LogP contribution in [0.2, 0.25) is 0 Å². The molecule has 2 aromatic carbocycles. The summed E-state index contributed by atoms with van der Waals surface area (Å²) in [6.45, 7) is 0. The van der Waals surface area contributed by atoms with Crippen molar-refractivity contribution >= 4 is 38.3 Å². The predicted molar refractivity (Wildman–Crippen MR) is 107 cm³/mol. The molecule has 0 amide bonds. The minimum absolute atomic E-state index is 0.0240. The lowest BCUT2D eigenvalue weighted by molar-refractivity contribution is 0.403. The summed E-state index contributed by atoms with van der Waals surface area (Å²) >= 11 is 2.14. The van der Waals surface area contributed by atoms with Crippen LogP contribution >= 0.6 is 22.6 Å². The van der Waals surface area contributed by atoms with Gasteiger partial charge in [0, 0.05) is 20.9 Å². The second kappa shape index (κ2) is 7.46. The van der Waals surface area contributed by atoms with Crippen molar-refractivity contribution in [3.63, 3.8) is 0 Å². The van der Waals surface area contributed by atoms with E-state index < -0.39 is 10.0 Å². The molecule has 26 heavy (non-hydrogen) atoms. The number of rotatable bonds is 5. The lowest BCUT2D eigenvalue weighted by atomic mass is 10.1. The molecule has 0 aliphatic heterocycles. The average molecular weight is 483 g/mol. The number of benzene rings is 2. The molecule has 0 saturated heterocycles. The van der Waals surface area contributed by atoms with Crippen LogP contribution in [-0.4, -0.2) is 25.7 Å². The molecule has 2 N–H and O–H groups in total. The summed E-state index contributed by atoms with van der Waals surface area (Å²) < 4.78 is 34.4. The van der Waals surface area contributed by atoms with Gasteiger partial charge in [-0.15, -0.1) is 0 Å².